The molecule has 25 heavy (non-hydrogen) atoms. The lowest BCUT2D eigenvalue weighted by Gasteiger charge is -2.24. The molecule has 2 unspecified atom stereocenters. The van der Waals surface area contributed by atoms with Gasteiger partial charge in [0.25, 0.3) is 0 Å². The van der Waals surface area contributed by atoms with Crippen LogP contribution in [0.4, 0.5) is 14.6 Å². The van der Waals surface area contributed by atoms with Crippen LogP contribution >= 0.6 is 0 Å². The lowest BCUT2D eigenvalue weighted by Crippen LogP contribution is -2.26. The zero-order valence-electron chi connectivity index (χ0n) is 14.2. The molecule has 1 aliphatic carbocycles. The first kappa shape index (κ1) is 16.4. The number of aryl methyl sites for hydroxylation is 2. The standard InChI is InChI=1S/C19H21F2N3O/c1-11-22-16-5-3-2-4-13(16)19(23-11)24-17-8-9-25-18(17)12-6-7-14(20)15(21)10-12/h6-7,10,17-18H,2-5,8-9H2,1H3,(H,22,23,24). The van der Waals surface area contributed by atoms with E-state index in [1.807, 2.05) is 6.92 Å². The summed E-state index contributed by atoms with van der Waals surface area (Å²) in [5, 5.41) is 3.50. The minimum atomic E-state index is -0.845. The van der Waals surface area contributed by atoms with Gasteiger partial charge in [0.2, 0.25) is 0 Å². The summed E-state index contributed by atoms with van der Waals surface area (Å²) in [6, 6.07) is 3.94. The van der Waals surface area contributed by atoms with E-state index >= 15 is 0 Å². The number of aromatic nitrogens is 2. The van der Waals surface area contributed by atoms with E-state index in [9.17, 15) is 8.78 Å². The van der Waals surface area contributed by atoms with E-state index in [2.05, 4.69) is 15.3 Å². The van der Waals surface area contributed by atoms with Gasteiger partial charge in [0.1, 0.15) is 17.7 Å². The summed E-state index contributed by atoms with van der Waals surface area (Å²) in [5.41, 5.74) is 2.96. The molecule has 1 fully saturated rings. The van der Waals surface area contributed by atoms with Gasteiger partial charge in [0.15, 0.2) is 11.6 Å². The third-order valence-electron chi connectivity index (χ3n) is 4.98. The van der Waals surface area contributed by atoms with E-state index in [0.717, 1.165) is 55.5 Å². The van der Waals surface area contributed by atoms with Gasteiger partial charge in [-0.3, -0.25) is 0 Å². The van der Waals surface area contributed by atoms with Crippen molar-refractivity contribution in [3.8, 4) is 0 Å². The molecule has 132 valence electrons. The van der Waals surface area contributed by atoms with Crippen LogP contribution in [-0.2, 0) is 17.6 Å². The van der Waals surface area contributed by atoms with Gasteiger partial charge in [-0.1, -0.05) is 6.07 Å². The Morgan fingerprint density at radius 2 is 1.96 bits per heavy atom. The van der Waals surface area contributed by atoms with E-state index in [4.69, 9.17) is 4.74 Å². The molecule has 1 saturated heterocycles. The van der Waals surface area contributed by atoms with Crippen molar-refractivity contribution in [3.63, 3.8) is 0 Å². The Labute approximate surface area is 145 Å². The SMILES string of the molecule is Cc1nc2c(c(NC3CCOC3c3ccc(F)c(F)c3)n1)CCCC2. The maximum absolute atomic E-state index is 13.6. The fourth-order valence-corrected chi connectivity index (χ4v) is 3.77. The molecule has 4 nitrogen and oxygen atoms in total. The number of fused-ring (bicyclic) bond motifs is 1. The highest BCUT2D eigenvalue weighted by molar-refractivity contribution is 5.49. The van der Waals surface area contributed by atoms with Crippen molar-refractivity contribution in [1.29, 1.82) is 0 Å². The molecule has 1 N–H and O–H groups in total. The minimum absolute atomic E-state index is 0.0230. The van der Waals surface area contributed by atoms with E-state index in [1.54, 1.807) is 6.07 Å². The van der Waals surface area contributed by atoms with Crippen LogP contribution in [0.15, 0.2) is 18.2 Å². The molecule has 6 heteroatoms. The number of hydrogen-bond acceptors (Lipinski definition) is 4. The number of rotatable bonds is 3. The Balaban J connectivity index is 1.61. The normalized spacial score (nSPS) is 22.7. The van der Waals surface area contributed by atoms with Crippen molar-refractivity contribution in [2.75, 3.05) is 11.9 Å². The smallest absolute Gasteiger partial charge is 0.159 e. The van der Waals surface area contributed by atoms with Crippen LogP contribution in [0.25, 0.3) is 0 Å². The van der Waals surface area contributed by atoms with E-state index in [-0.39, 0.29) is 12.1 Å². The molecule has 2 atom stereocenters. The van der Waals surface area contributed by atoms with E-state index in [0.29, 0.717) is 12.2 Å². The predicted octanol–water partition coefficient (Wildman–Crippen LogP) is 3.88. The number of anilines is 1. The van der Waals surface area contributed by atoms with Crippen LogP contribution in [0, 0.1) is 18.6 Å². The molecule has 0 radical (unpaired) electrons. The van der Waals surface area contributed by atoms with Gasteiger partial charge in [0, 0.05) is 17.9 Å². The summed E-state index contributed by atoms with van der Waals surface area (Å²) in [5.74, 6) is -0.0644. The molecule has 0 saturated carbocycles. The van der Waals surface area contributed by atoms with E-state index in [1.165, 1.54) is 11.6 Å². The van der Waals surface area contributed by atoms with Crippen molar-refractivity contribution in [2.45, 2.75) is 51.2 Å². The Kier molecular flexibility index (Phi) is 4.37. The highest BCUT2D eigenvalue weighted by Crippen LogP contribution is 2.34. The third-order valence-corrected chi connectivity index (χ3v) is 4.98. The van der Waals surface area contributed by atoms with Gasteiger partial charge >= 0.3 is 0 Å². The molecule has 1 aromatic carbocycles. The van der Waals surface area contributed by atoms with Crippen LogP contribution in [0.2, 0.25) is 0 Å². The van der Waals surface area contributed by atoms with Gasteiger partial charge in [-0.2, -0.15) is 0 Å². The summed E-state index contributed by atoms with van der Waals surface area (Å²) in [4.78, 5) is 9.17. The number of nitrogens with zero attached hydrogens (tertiary/aromatic N) is 2. The maximum atomic E-state index is 13.6. The molecule has 2 heterocycles. The molecule has 2 aliphatic rings. The molecule has 4 rings (SSSR count). The number of nitrogens with one attached hydrogen (secondary N) is 1. The average molecular weight is 345 g/mol. The second-order valence-electron chi connectivity index (χ2n) is 6.76. The minimum Gasteiger partial charge on any atom is -0.371 e. The first-order valence-corrected chi connectivity index (χ1v) is 8.81. The first-order chi connectivity index (χ1) is 12.1. The van der Waals surface area contributed by atoms with Crippen LogP contribution in [0.5, 0.6) is 0 Å². The highest BCUT2D eigenvalue weighted by atomic mass is 19.2. The first-order valence-electron chi connectivity index (χ1n) is 8.81. The topological polar surface area (TPSA) is 47.0 Å². The van der Waals surface area contributed by atoms with Crippen molar-refractivity contribution >= 4 is 5.82 Å². The van der Waals surface area contributed by atoms with Crippen LogP contribution in [0.1, 0.15) is 48.0 Å². The molecule has 1 aliphatic heterocycles. The molecule has 1 aromatic heterocycles. The molecule has 0 spiro atoms. The number of ether oxygens (including phenoxy) is 1. The fourth-order valence-electron chi connectivity index (χ4n) is 3.77. The van der Waals surface area contributed by atoms with Gasteiger partial charge in [-0.15, -0.1) is 0 Å². The Morgan fingerprint density at radius 3 is 2.80 bits per heavy atom. The maximum Gasteiger partial charge on any atom is 0.159 e. The van der Waals surface area contributed by atoms with Crippen molar-refractivity contribution in [3.05, 3.63) is 52.5 Å². The number of hydrogen-bond donors (Lipinski definition) is 1. The quantitative estimate of drug-likeness (QED) is 0.917. The highest BCUT2D eigenvalue weighted by Gasteiger charge is 2.31. The van der Waals surface area contributed by atoms with Gasteiger partial charge in [0.05, 0.1) is 6.04 Å². The Hall–Kier alpha value is -2.08. The second kappa shape index (κ2) is 6.67. The lowest BCUT2D eigenvalue weighted by atomic mass is 9.95. The zero-order chi connectivity index (χ0) is 17.4. The summed E-state index contributed by atoms with van der Waals surface area (Å²) >= 11 is 0. The molecule has 2 aromatic rings. The van der Waals surface area contributed by atoms with Gasteiger partial charge < -0.3 is 10.1 Å². The van der Waals surface area contributed by atoms with Gasteiger partial charge in [-0.05, 0) is 56.7 Å². The zero-order valence-corrected chi connectivity index (χ0v) is 14.2. The average Bonchev–Trinajstić information content (AvgIpc) is 3.05. The lowest BCUT2D eigenvalue weighted by molar-refractivity contribution is 0.107. The Morgan fingerprint density at radius 1 is 1.12 bits per heavy atom. The molecule has 0 amide bonds. The number of halogens is 2. The van der Waals surface area contributed by atoms with Crippen LogP contribution < -0.4 is 5.32 Å². The number of benzene rings is 1. The van der Waals surface area contributed by atoms with Crippen molar-refractivity contribution < 1.29 is 13.5 Å². The van der Waals surface area contributed by atoms with E-state index < -0.39 is 11.6 Å². The summed E-state index contributed by atoms with van der Waals surface area (Å²) in [6.07, 6.45) is 4.74. The molecular weight excluding hydrogens is 324 g/mol. The van der Waals surface area contributed by atoms with Crippen LogP contribution in [0.3, 0.4) is 0 Å². The third kappa shape index (κ3) is 3.23. The van der Waals surface area contributed by atoms with Gasteiger partial charge in [-0.25, -0.2) is 18.7 Å². The van der Waals surface area contributed by atoms with Crippen LogP contribution in [-0.4, -0.2) is 22.6 Å². The summed E-state index contributed by atoms with van der Waals surface area (Å²) < 4.78 is 32.6. The second-order valence-corrected chi connectivity index (χ2v) is 6.76. The fraction of sp³-hybridized carbons (Fsp3) is 0.474. The van der Waals surface area contributed by atoms with Crippen molar-refractivity contribution in [2.24, 2.45) is 0 Å². The summed E-state index contributed by atoms with van der Waals surface area (Å²) in [6.45, 7) is 2.48. The molecule has 0 bridgehead atoms. The monoisotopic (exact) mass is 345 g/mol. The van der Waals surface area contributed by atoms with Crippen molar-refractivity contribution in [1.82, 2.24) is 9.97 Å². The predicted molar refractivity (Wildman–Crippen MR) is 90.5 cm³/mol. The summed E-state index contributed by atoms with van der Waals surface area (Å²) in [7, 11) is 0. The molecular formula is C19H21F2N3O. The largest absolute Gasteiger partial charge is 0.371 e. The Bertz CT molecular complexity index is 796.